The molecule has 6 nitrogen and oxygen atoms in total. The summed E-state index contributed by atoms with van der Waals surface area (Å²) in [5, 5.41) is 0. The first-order chi connectivity index (χ1) is 10.0. The van der Waals surface area contributed by atoms with Crippen molar-refractivity contribution in [2.75, 3.05) is 25.9 Å². The van der Waals surface area contributed by atoms with Crippen LogP contribution >= 0.6 is 0 Å². The average Bonchev–Trinajstić information content (AvgIpc) is 2.47. The summed E-state index contributed by atoms with van der Waals surface area (Å²) in [5.41, 5.74) is 12.0. The van der Waals surface area contributed by atoms with Gasteiger partial charge in [0.2, 0.25) is 5.91 Å². The Morgan fingerprint density at radius 3 is 2.57 bits per heavy atom. The van der Waals surface area contributed by atoms with E-state index in [1.54, 1.807) is 30.2 Å². The number of methoxy groups -OCH3 is 1. The normalized spacial score (nSPS) is 15.8. The predicted molar refractivity (Wildman–Crippen MR) is 79.8 cm³/mol. The quantitative estimate of drug-likeness (QED) is 0.809. The summed E-state index contributed by atoms with van der Waals surface area (Å²) in [6.45, 7) is 1.24. The first-order valence-corrected chi connectivity index (χ1v) is 7.02. The maximum Gasteiger partial charge on any atom is 0.256 e. The van der Waals surface area contributed by atoms with E-state index in [0.717, 1.165) is 12.8 Å². The van der Waals surface area contributed by atoms with Crippen LogP contribution in [0.5, 0.6) is 5.75 Å². The molecule has 4 N–H and O–H groups in total. The van der Waals surface area contributed by atoms with E-state index in [-0.39, 0.29) is 17.7 Å². The van der Waals surface area contributed by atoms with Crippen molar-refractivity contribution in [2.45, 2.75) is 19.3 Å². The van der Waals surface area contributed by atoms with Crippen LogP contribution in [0.15, 0.2) is 18.2 Å². The summed E-state index contributed by atoms with van der Waals surface area (Å²) in [4.78, 5) is 25.2. The number of hydrogen-bond donors (Lipinski definition) is 2. The largest absolute Gasteiger partial charge is 0.497 e. The molecule has 0 bridgehead atoms. The molecule has 2 amide bonds. The van der Waals surface area contributed by atoms with Gasteiger partial charge in [-0.15, -0.1) is 0 Å². The summed E-state index contributed by atoms with van der Waals surface area (Å²) >= 11 is 0. The van der Waals surface area contributed by atoms with Crippen molar-refractivity contribution in [3.8, 4) is 5.75 Å². The molecule has 0 saturated carbocycles. The van der Waals surface area contributed by atoms with Gasteiger partial charge >= 0.3 is 0 Å². The summed E-state index contributed by atoms with van der Waals surface area (Å²) in [7, 11) is 1.55. The lowest BCUT2D eigenvalue weighted by molar-refractivity contribution is -0.119. The molecule has 6 heteroatoms. The molecule has 0 aliphatic carbocycles. The molecule has 0 spiro atoms. The highest BCUT2D eigenvalue weighted by Gasteiger charge is 2.25. The van der Waals surface area contributed by atoms with E-state index < -0.39 is 0 Å². The number of carbonyl (C=O) groups excluding carboxylic acids is 2. The van der Waals surface area contributed by atoms with Crippen molar-refractivity contribution >= 4 is 17.5 Å². The van der Waals surface area contributed by atoms with Gasteiger partial charge in [0, 0.05) is 25.2 Å². The van der Waals surface area contributed by atoms with Crippen molar-refractivity contribution in [3.63, 3.8) is 0 Å². The van der Waals surface area contributed by atoms with E-state index in [0.29, 0.717) is 36.5 Å². The Morgan fingerprint density at radius 1 is 1.33 bits per heavy atom. The van der Waals surface area contributed by atoms with Crippen LogP contribution in [0.4, 0.5) is 5.69 Å². The third-order valence-corrected chi connectivity index (χ3v) is 3.88. The number of primary amides is 1. The summed E-state index contributed by atoms with van der Waals surface area (Å²) in [6, 6.07) is 5.06. The Balaban J connectivity index is 2.03. The number of ether oxygens (including phenoxy) is 1. The molecule has 1 aliphatic heterocycles. The fourth-order valence-corrected chi connectivity index (χ4v) is 2.64. The zero-order valence-corrected chi connectivity index (χ0v) is 12.2. The highest BCUT2D eigenvalue weighted by molar-refractivity contribution is 5.99. The van der Waals surface area contributed by atoms with E-state index in [1.807, 2.05) is 0 Å². The van der Waals surface area contributed by atoms with Crippen LogP contribution in [-0.4, -0.2) is 36.9 Å². The molecule has 114 valence electrons. The Labute approximate surface area is 124 Å². The topological polar surface area (TPSA) is 98.7 Å². The zero-order chi connectivity index (χ0) is 15.4. The second-order valence-electron chi connectivity index (χ2n) is 5.36. The third-order valence-electron chi connectivity index (χ3n) is 3.88. The number of nitrogens with two attached hydrogens (primary N) is 2. The van der Waals surface area contributed by atoms with Gasteiger partial charge in [0.1, 0.15) is 5.75 Å². The SMILES string of the molecule is COc1ccc(N)c(C(=O)N2CCC(CC(N)=O)CC2)c1. The van der Waals surface area contributed by atoms with Gasteiger partial charge in [0.05, 0.1) is 12.7 Å². The molecule has 0 atom stereocenters. The van der Waals surface area contributed by atoms with E-state index in [4.69, 9.17) is 16.2 Å². The summed E-state index contributed by atoms with van der Waals surface area (Å²) in [6.07, 6.45) is 1.97. The molecule has 1 aromatic carbocycles. The average molecular weight is 291 g/mol. The number of carbonyl (C=O) groups is 2. The molecule has 0 aromatic heterocycles. The maximum atomic E-state index is 12.5. The third kappa shape index (κ3) is 3.65. The minimum Gasteiger partial charge on any atom is -0.497 e. The number of nitrogens with zero attached hydrogens (tertiary/aromatic N) is 1. The fourth-order valence-electron chi connectivity index (χ4n) is 2.64. The van der Waals surface area contributed by atoms with Gasteiger partial charge in [-0.2, -0.15) is 0 Å². The lowest BCUT2D eigenvalue weighted by atomic mass is 9.93. The molecule has 0 unspecified atom stereocenters. The number of likely N-dealkylation sites (tertiary alicyclic amines) is 1. The van der Waals surface area contributed by atoms with Gasteiger partial charge in [-0.1, -0.05) is 0 Å². The van der Waals surface area contributed by atoms with Gasteiger partial charge in [-0.05, 0) is 37.0 Å². The minimum absolute atomic E-state index is 0.0936. The van der Waals surface area contributed by atoms with Crippen LogP contribution in [0.25, 0.3) is 0 Å². The Morgan fingerprint density at radius 2 is 2.00 bits per heavy atom. The van der Waals surface area contributed by atoms with Gasteiger partial charge in [0.25, 0.3) is 5.91 Å². The number of benzene rings is 1. The van der Waals surface area contributed by atoms with Crippen LogP contribution in [-0.2, 0) is 4.79 Å². The number of hydrogen-bond acceptors (Lipinski definition) is 4. The molecule has 1 aromatic rings. The van der Waals surface area contributed by atoms with E-state index >= 15 is 0 Å². The second kappa shape index (κ2) is 6.47. The van der Waals surface area contributed by atoms with Crippen molar-refractivity contribution in [1.29, 1.82) is 0 Å². The van der Waals surface area contributed by atoms with Crippen LogP contribution in [0.3, 0.4) is 0 Å². The second-order valence-corrected chi connectivity index (χ2v) is 5.36. The van der Waals surface area contributed by atoms with Crippen molar-refractivity contribution in [3.05, 3.63) is 23.8 Å². The summed E-state index contributed by atoms with van der Waals surface area (Å²) < 4.78 is 5.13. The van der Waals surface area contributed by atoms with Crippen molar-refractivity contribution in [1.82, 2.24) is 4.90 Å². The van der Waals surface area contributed by atoms with Gasteiger partial charge in [-0.25, -0.2) is 0 Å². The van der Waals surface area contributed by atoms with Gasteiger partial charge in [0.15, 0.2) is 0 Å². The van der Waals surface area contributed by atoms with Gasteiger partial charge < -0.3 is 21.1 Å². The number of rotatable bonds is 4. The molecular weight excluding hydrogens is 270 g/mol. The zero-order valence-electron chi connectivity index (χ0n) is 12.2. The Hall–Kier alpha value is -2.24. The molecular formula is C15H21N3O3. The predicted octanol–water partition coefficient (Wildman–Crippen LogP) is 1.00. The Bertz CT molecular complexity index is 537. The highest BCUT2D eigenvalue weighted by atomic mass is 16.5. The van der Waals surface area contributed by atoms with Crippen LogP contribution in [0.1, 0.15) is 29.6 Å². The molecule has 1 heterocycles. The minimum atomic E-state index is -0.281. The van der Waals surface area contributed by atoms with Crippen molar-refractivity contribution < 1.29 is 14.3 Å². The molecule has 21 heavy (non-hydrogen) atoms. The van der Waals surface area contributed by atoms with E-state index in [9.17, 15) is 9.59 Å². The standard InChI is InChI=1S/C15H21N3O3/c1-21-11-2-3-13(16)12(9-11)15(20)18-6-4-10(5-7-18)8-14(17)19/h2-3,9-10H,4-8,16H2,1H3,(H2,17,19). The number of anilines is 1. The number of amides is 2. The van der Waals surface area contributed by atoms with E-state index in [2.05, 4.69) is 0 Å². The molecule has 1 aliphatic rings. The lowest BCUT2D eigenvalue weighted by Crippen LogP contribution is -2.39. The van der Waals surface area contributed by atoms with Crippen LogP contribution in [0, 0.1) is 5.92 Å². The smallest absolute Gasteiger partial charge is 0.256 e. The van der Waals surface area contributed by atoms with E-state index in [1.165, 1.54) is 0 Å². The monoisotopic (exact) mass is 291 g/mol. The molecule has 2 rings (SSSR count). The van der Waals surface area contributed by atoms with Crippen LogP contribution < -0.4 is 16.2 Å². The number of piperidine rings is 1. The molecule has 0 radical (unpaired) electrons. The summed E-state index contributed by atoms with van der Waals surface area (Å²) in [5.74, 6) is 0.506. The molecule has 1 fully saturated rings. The maximum absolute atomic E-state index is 12.5. The number of nitrogen functional groups attached to an aromatic ring is 1. The van der Waals surface area contributed by atoms with Gasteiger partial charge in [-0.3, -0.25) is 9.59 Å². The first-order valence-electron chi connectivity index (χ1n) is 7.02. The highest BCUT2D eigenvalue weighted by Crippen LogP contribution is 2.25. The van der Waals surface area contributed by atoms with Crippen molar-refractivity contribution in [2.24, 2.45) is 11.7 Å². The molecule has 1 saturated heterocycles. The first kappa shape index (κ1) is 15.2. The lowest BCUT2D eigenvalue weighted by Gasteiger charge is -2.31. The Kier molecular flexibility index (Phi) is 4.67. The fraction of sp³-hybridized carbons (Fsp3) is 0.467. The van der Waals surface area contributed by atoms with Crippen LogP contribution in [0.2, 0.25) is 0 Å².